The first-order valence-electron chi connectivity index (χ1n) is 7.53. The zero-order chi connectivity index (χ0) is 15.2. The molecule has 1 heterocycles. The van der Waals surface area contributed by atoms with E-state index in [1.807, 2.05) is 19.1 Å². The molecule has 0 aliphatic heterocycles. The lowest BCUT2D eigenvalue weighted by Gasteiger charge is -2.16. The van der Waals surface area contributed by atoms with Crippen LogP contribution < -0.4 is 10.1 Å². The van der Waals surface area contributed by atoms with Crippen LogP contribution in [0.3, 0.4) is 0 Å². The van der Waals surface area contributed by atoms with Crippen LogP contribution in [0.2, 0.25) is 0 Å². The Morgan fingerprint density at radius 3 is 2.43 bits per heavy atom. The van der Waals surface area contributed by atoms with Gasteiger partial charge in [-0.05, 0) is 44.5 Å². The van der Waals surface area contributed by atoms with Crippen LogP contribution in [0.25, 0.3) is 0 Å². The highest BCUT2D eigenvalue weighted by Gasteiger charge is 2.08. The Kier molecular flexibility index (Phi) is 5.76. The topological polar surface area (TPSA) is 34.1 Å². The average Bonchev–Trinajstić information content (AvgIpc) is 2.82. The first-order valence-corrected chi connectivity index (χ1v) is 8.34. The SMILES string of the molecule is CCNC(CC)c1ccc(OCc2nc(C)c(C)s2)cc1. The predicted molar refractivity (Wildman–Crippen MR) is 89.1 cm³/mol. The summed E-state index contributed by atoms with van der Waals surface area (Å²) in [6.07, 6.45) is 1.09. The summed E-state index contributed by atoms with van der Waals surface area (Å²) in [4.78, 5) is 5.76. The highest BCUT2D eigenvalue weighted by atomic mass is 32.1. The van der Waals surface area contributed by atoms with E-state index in [2.05, 4.69) is 43.2 Å². The van der Waals surface area contributed by atoms with Crippen molar-refractivity contribution in [1.82, 2.24) is 10.3 Å². The van der Waals surface area contributed by atoms with E-state index in [4.69, 9.17) is 4.74 Å². The van der Waals surface area contributed by atoms with Crippen molar-refractivity contribution in [1.29, 1.82) is 0 Å². The molecule has 114 valence electrons. The predicted octanol–water partition coefficient (Wildman–Crippen LogP) is 4.40. The molecule has 0 spiro atoms. The smallest absolute Gasteiger partial charge is 0.140 e. The van der Waals surface area contributed by atoms with E-state index in [-0.39, 0.29) is 0 Å². The van der Waals surface area contributed by atoms with E-state index in [1.165, 1.54) is 10.4 Å². The summed E-state index contributed by atoms with van der Waals surface area (Å²) in [7, 11) is 0. The molecule has 2 aromatic rings. The summed E-state index contributed by atoms with van der Waals surface area (Å²) in [5, 5.41) is 4.52. The van der Waals surface area contributed by atoms with Gasteiger partial charge in [-0.15, -0.1) is 11.3 Å². The summed E-state index contributed by atoms with van der Waals surface area (Å²) in [6, 6.07) is 8.80. The summed E-state index contributed by atoms with van der Waals surface area (Å²) >= 11 is 1.71. The molecule has 1 atom stereocenters. The summed E-state index contributed by atoms with van der Waals surface area (Å²) in [6.45, 7) is 10.00. The van der Waals surface area contributed by atoms with Crippen LogP contribution in [0.15, 0.2) is 24.3 Å². The Morgan fingerprint density at radius 1 is 1.19 bits per heavy atom. The second-order valence-electron chi connectivity index (χ2n) is 5.13. The van der Waals surface area contributed by atoms with Gasteiger partial charge in [0.2, 0.25) is 0 Å². The van der Waals surface area contributed by atoms with Crippen molar-refractivity contribution in [3.8, 4) is 5.75 Å². The van der Waals surface area contributed by atoms with Crippen LogP contribution in [0.1, 0.15) is 47.5 Å². The highest BCUT2D eigenvalue weighted by Crippen LogP contribution is 2.22. The number of ether oxygens (including phenoxy) is 1. The van der Waals surface area contributed by atoms with Crippen molar-refractivity contribution in [3.63, 3.8) is 0 Å². The number of hydrogen-bond donors (Lipinski definition) is 1. The van der Waals surface area contributed by atoms with Crippen LogP contribution in [0, 0.1) is 13.8 Å². The van der Waals surface area contributed by atoms with E-state index < -0.39 is 0 Å². The van der Waals surface area contributed by atoms with Crippen molar-refractivity contribution < 1.29 is 4.74 Å². The Labute approximate surface area is 131 Å². The molecule has 1 aromatic carbocycles. The summed E-state index contributed by atoms with van der Waals surface area (Å²) in [5.74, 6) is 0.899. The van der Waals surface area contributed by atoms with Crippen molar-refractivity contribution in [2.75, 3.05) is 6.54 Å². The van der Waals surface area contributed by atoms with Gasteiger partial charge in [0, 0.05) is 10.9 Å². The number of thiazole rings is 1. The molecule has 0 amide bonds. The normalized spacial score (nSPS) is 12.4. The molecule has 0 aliphatic carbocycles. The lowest BCUT2D eigenvalue weighted by Crippen LogP contribution is -2.19. The van der Waals surface area contributed by atoms with E-state index in [9.17, 15) is 0 Å². The van der Waals surface area contributed by atoms with Gasteiger partial charge in [0.25, 0.3) is 0 Å². The Hall–Kier alpha value is -1.39. The third kappa shape index (κ3) is 4.29. The van der Waals surface area contributed by atoms with Crippen LogP contribution in [0.5, 0.6) is 5.75 Å². The zero-order valence-electron chi connectivity index (χ0n) is 13.3. The van der Waals surface area contributed by atoms with E-state index in [1.54, 1.807) is 11.3 Å². The van der Waals surface area contributed by atoms with Gasteiger partial charge in [-0.3, -0.25) is 0 Å². The molecule has 2 rings (SSSR count). The van der Waals surface area contributed by atoms with Crippen molar-refractivity contribution in [3.05, 3.63) is 45.4 Å². The first-order chi connectivity index (χ1) is 10.1. The molecule has 0 saturated carbocycles. The van der Waals surface area contributed by atoms with Crippen LogP contribution >= 0.6 is 11.3 Å². The zero-order valence-corrected chi connectivity index (χ0v) is 14.1. The number of benzene rings is 1. The third-order valence-corrected chi connectivity index (χ3v) is 4.62. The van der Waals surface area contributed by atoms with Gasteiger partial charge in [0.1, 0.15) is 17.4 Å². The number of aromatic nitrogens is 1. The molecule has 1 unspecified atom stereocenters. The fourth-order valence-corrected chi connectivity index (χ4v) is 3.13. The third-order valence-electron chi connectivity index (χ3n) is 3.58. The van der Waals surface area contributed by atoms with Gasteiger partial charge in [0.15, 0.2) is 0 Å². The van der Waals surface area contributed by atoms with Crippen LogP contribution in [-0.4, -0.2) is 11.5 Å². The average molecular weight is 304 g/mol. The van der Waals surface area contributed by atoms with Crippen LogP contribution in [-0.2, 0) is 6.61 Å². The van der Waals surface area contributed by atoms with Gasteiger partial charge in [-0.2, -0.15) is 0 Å². The van der Waals surface area contributed by atoms with Crippen molar-refractivity contribution in [2.24, 2.45) is 0 Å². The highest BCUT2D eigenvalue weighted by molar-refractivity contribution is 7.11. The minimum atomic E-state index is 0.424. The fraction of sp³-hybridized carbons (Fsp3) is 0.471. The Morgan fingerprint density at radius 2 is 1.90 bits per heavy atom. The molecular formula is C17H24N2OS. The molecule has 0 radical (unpaired) electrons. The molecule has 21 heavy (non-hydrogen) atoms. The van der Waals surface area contributed by atoms with Crippen LogP contribution in [0.4, 0.5) is 0 Å². The first kappa shape index (κ1) is 16.0. The largest absolute Gasteiger partial charge is 0.486 e. The molecular weight excluding hydrogens is 280 g/mol. The summed E-state index contributed by atoms with van der Waals surface area (Å²) < 4.78 is 5.82. The maximum absolute atomic E-state index is 5.82. The lowest BCUT2D eigenvalue weighted by atomic mass is 10.0. The second-order valence-corrected chi connectivity index (χ2v) is 6.41. The fourth-order valence-electron chi connectivity index (χ4n) is 2.29. The number of nitrogens with one attached hydrogen (secondary N) is 1. The van der Waals surface area contributed by atoms with E-state index in [0.29, 0.717) is 12.6 Å². The molecule has 0 bridgehead atoms. The quantitative estimate of drug-likeness (QED) is 0.823. The minimum Gasteiger partial charge on any atom is -0.486 e. The van der Waals surface area contributed by atoms with Gasteiger partial charge < -0.3 is 10.1 Å². The number of aryl methyl sites for hydroxylation is 2. The maximum Gasteiger partial charge on any atom is 0.140 e. The molecule has 1 N–H and O–H groups in total. The molecule has 0 saturated heterocycles. The van der Waals surface area contributed by atoms with E-state index in [0.717, 1.165) is 29.4 Å². The molecule has 1 aromatic heterocycles. The monoisotopic (exact) mass is 304 g/mol. The number of rotatable bonds is 7. The number of nitrogens with zero attached hydrogens (tertiary/aromatic N) is 1. The van der Waals surface area contributed by atoms with Gasteiger partial charge in [-0.25, -0.2) is 4.98 Å². The maximum atomic E-state index is 5.82. The Bertz CT molecular complexity index is 543. The van der Waals surface area contributed by atoms with Crippen molar-refractivity contribution in [2.45, 2.75) is 46.8 Å². The molecule has 4 heteroatoms. The van der Waals surface area contributed by atoms with E-state index >= 15 is 0 Å². The van der Waals surface area contributed by atoms with Gasteiger partial charge in [0.05, 0.1) is 5.69 Å². The second kappa shape index (κ2) is 7.57. The minimum absolute atomic E-state index is 0.424. The van der Waals surface area contributed by atoms with Gasteiger partial charge in [-0.1, -0.05) is 26.0 Å². The van der Waals surface area contributed by atoms with Crippen molar-refractivity contribution >= 4 is 11.3 Å². The summed E-state index contributed by atoms with van der Waals surface area (Å²) in [5.41, 5.74) is 2.41. The molecule has 3 nitrogen and oxygen atoms in total. The lowest BCUT2D eigenvalue weighted by molar-refractivity contribution is 0.305. The van der Waals surface area contributed by atoms with Gasteiger partial charge >= 0.3 is 0 Å². The number of hydrogen-bond acceptors (Lipinski definition) is 4. The standard InChI is InChI=1S/C17H24N2OS/c1-5-16(18-6-2)14-7-9-15(10-8-14)20-11-17-19-12(3)13(4)21-17/h7-10,16,18H,5-6,11H2,1-4H3. The molecule has 0 aliphatic rings. The molecule has 0 fully saturated rings. The Balaban J connectivity index is 1.95.